The number of carbonyl (C=O) groups excluding carboxylic acids is 2. The van der Waals surface area contributed by atoms with Gasteiger partial charge in [-0.15, -0.1) is 15.3 Å². The maximum absolute atomic E-state index is 13.0. The zero-order chi connectivity index (χ0) is 21.1. The molecule has 162 valence electrons. The van der Waals surface area contributed by atoms with Gasteiger partial charge in [0.15, 0.2) is 5.65 Å². The Morgan fingerprint density at radius 2 is 1.77 bits per heavy atom. The Balaban J connectivity index is 1.25. The molecule has 0 saturated carbocycles. The number of amides is 2. The molecule has 0 bridgehead atoms. The van der Waals surface area contributed by atoms with Gasteiger partial charge in [0.25, 0.3) is 0 Å². The minimum atomic E-state index is -0.276. The SMILES string of the molecule is CC(C)COC(=O)N1CCN(C(=O)C2CCN(c3ccc4nncn4n3)CC2)CC1. The molecule has 2 fully saturated rings. The van der Waals surface area contributed by atoms with Crippen molar-refractivity contribution in [3.05, 3.63) is 18.5 Å². The Labute approximate surface area is 175 Å². The molecule has 4 rings (SSSR count). The fourth-order valence-corrected chi connectivity index (χ4v) is 3.94. The monoisotopic (exact) mass is 415 g/mol. The molecule has 10 nitrogen and oxygen atoms in total. The Morgan fingerprint density at radius 1 is 1.07 bits per heavy atom. The summed E-state index contributed by atoms with van der Waals surface area (Å²) in [7, 11) is 0. The van der Waals surface area contributed by atoms with Gasteiger partial charge in [0.2, 0.25) is 5.91 Å². The van der Waals surface area contributed by atoms with E-state index in [1.165, 1.54) is 0 Å². The predicted octanol–water partition coefficient (Wildman–Crippen LogP) is 1.28. The third-order valence-electron chi connectivity index (χ3n) is 5.71. The van der Waals surface area contributed by atoms with E-state index in [0.717, 1.165) is 37.4 Å². The molecule has 0 N–H and O–H groups in total. The Kier molecular flexibility index (Phi) is 6.01. The number of hydrogen-bond donors (Lipinski definition) is 0. The highest BCUT2D eigenvalue weighted by Gasteiger charge is 2.32. The molecule has 0 aliphatic carbocycles. The number of hydrogen-bond acceptors (Lipinski definition) is 7. The van der Waals surface area contributed by atoms with Crippen molar-refractivity contribution in [3.63, 3.8) is 0 Å². The van der Waals surface area contributed by atoms with Gasteiger partial charge in [-0.3, -0.25) is 4.79 Å². The first-order chi connectivity index (χ1) is 14.5. The van der Waals surface area contributed by atoms with Crippen LogP contribution in [0.15, 0.2) is 18.5 Å². The first-order valence-corrected chi connectivity index (χ1v) is 10.6. The molecule has 2 aliphatic rings. The van der Waals surface area contributed by atoms with E-state index in [1.807, 2.05) is 30.9 Å². The van der Waals surface area contributed by atoms with Gasteiger partial charge >= 0.3 is 6.09 Å². The van der Waals surface area contributed by atoms with Crippen LogP contribution in [0.4, 0.5) is 10.6 Å². The lowest BCUT2D eigenvalue weighted by Gasteiger charge is -2.38. The maximum Gasteiger partial charge on any atom is 0.409 e. The first-order valence-electron chi connectivity index (χ1n) is 10.6. The molecule has 2 aromatic rings. The number of aromatic nitrogens is 4. The highest BCUT2D eigenvalue weighted by molar-refractivity contribution is 5.79. The largest absolute Gasteiger partial charge is 0.449 e. The summed E-state index contributed by atoms with van der Waals surface area (Å²) < 4.78 is 6.96. The van der Waals surface area contributed by atoms with Crippen LogP contribution in [0, 0.1) is 11.8 Å². The van der Waals surface area contributed by atoms with Crippen molar-refractivity contribution in [3.8, 4) is 0 Å². The van der Waals surface area contributed by atoms with Crippen LogP contribution in [0.3, 0.4) is 0 Å². The predicted molar refractivity (Wildman–Crippen MR) is 110 cm³/mol. The van der Waals surface area contributed by atoms with E-state index in [1.54, 1.807) is 15.7 Å². The van der Waals surface area contributed by atoms with Crippen LogP contribution in [0.2, 0.25) is 0 Å². The highest BCUT2D eigenvalue weighted by atomic mass is 16.6. The summed E-state index contributed by atoms with van der Waals surface area (Å²) in [4.78, 5) is 30.9. The summed E-state index contributed by atoms with van der Waals surface area (Å²) in [5.74, 6) is 1.42. The lowest BCUT2D eigenvalue weighted by atomic mass is 9.95. The molecular weight excluding hydrogens is 386 g/mol. The van der Waals surface area contributed by atoms with Crippen molar-refractivity contribution in [2.45, 2.75) is 26.7 Å². The Bertz CT molecular complexity index is 883. The fourth-order valence-electron chi connectivity index (χ4n) is 3.94. The van der Waals surface area contributed by atoms with Gasteiger partial charge in [0.1, 0.15) is 12.1 Å². The van der Waals surface area contributed by atoms with Crippen molar-refractivity contribution < 1.29 is 14.3 Å². The summed E-state index contributed by atoms with van der Waals surface area (Å²) in [6.07, 6.45) is 2.92. The molecule has 30 heavy (non-hydrogen) atoms. The van der Waals surface area contributed by atoms with E-state index >= 15 is 0 Å². The summed E-state index contributed by atoms with van der Waals surface area (Å²) in [5, 5.41) is 12.4. The van der Waals surface area contributed by atoms with E-state index in [2.05, 4.69) is 20.2 Å². The lowest BCUT2D eigenvalue weighted by molar-refractivity contribution is -0.137. The van der Waals surface area contributed by atoms with Crippen molar-refractivity contribution in [1.29, 1.82) is 0 Å². The van der Waals surface area contributed by atoms with Gasteiger partial charge in [0, 0.05) is 45.2 Å². The molecule has 0 radical (unpaired) electrons. The molecular formula is C20H29N7O3. The quantitative estimate of drug-likeness (QED) is 0.742. The molecule has 0 aromatic carbocycles. The van der Waals surface area contributed by atoms with Gasteiger partial charge in [-0.05, 0) is 30.9 Å². The van der Waals surface area contributed by atoms with Crippen LogP contribution < -0.4 is 4.90 Å². The van der Waals surface area contributed by atoms with E-state index in [9.17, 15) is 9.59 Å². The van der Waals surface area contributed by atoms with Gasteiger partial charge < -0.3 is 19.4 Å². The Morgan fingerprint density at radius 3 is 2.47 bits per heavy atom. The van der Waals surface area contributed by atoms with E-state index < -0.39 is 0 Å². The number of rotatable bonds is 4. The zero-order valence-electron chi connectivity index (χ0n) is 17.6. The average Bonchev–Trinajstić information content (AvgIpc) is 3.25. The molecule has 2 amide bonds. The van der Waals surface area contributed by atoms with Crippen LogP contribution in [0.25, 0.3) is 5.65 Å². The van der Waals surface area contributed by atoms with Gasteiger partial charge in [0.05, 0.1) is 6.61 Å². The number of fused-ring (bicyclic) bond motifs is 1. The van der Waals surface area contributed by atoms with Crippen LogP contribution in [-0.2, 0) is 9.53 Å². The second kappa shape index (κ2) is 8.85. The molecule has 0 atom stereocenters. The van der Waals surface area contributed by atoms with Crippen LogP contribution in [-0.4, -0.2) is 87.5 Å². The third-order valence-corrected chi connectivity index (χ3v) is 5.71. The van der Waals surface area contributed by atoms with Crippen LogP contribution in [0.1, 0.15) is 26.7 Å². The van der Waals surface area contributed by atoms with Crippen molar-refractivity contribution >= 4 is 23.5 Å². The fraction of sp³-hybridized carbons (Fsp3) is 0.650. The number of carbonyl (C=O) groups is 2. The molecule has 10 heteroatoms. The van der Waals surface area contributed by atoms with Gasteiger partial charge in [-0.25, -0.2) is 4.79 Å². The summed E-state index contributed by atoms with van der Waals surface area (Å²) in [6, 6.07) is 3.85. The highest BCUT2D eigenvalue weighted by Crippen LogP contribution is 2.24. The molecule has 4 heterocycles. The minimum Gasteiger partial charge on any atom is -0.449 e. The van der Waals surface area contributed by atoms with E-state index in [4.69, 9.17) is 4.74 Å². The smallest absolute Gasteiger partial charge is 0.409 e. The lowest BCUT2D eigenvalue weighted by Crippen LogP contribution is -2.53. The molecule has 0 spiro atoms. The number of piperidine rings is 1. The van der Waals surface area contributed by atoms with Gasteiger partial charge in [-0.2, -0.15) is 4.52 Å². The number of anilines is 1. The van der Waals surface area contributed by atoms with E-state index in [0.29, 0.717) is 38.7 Å². The number of ether oxygens (including phenoxy) is 1. The second-order valence-electron chi connectivity index (χ2n) is 8.37. The first kappa shape index (κ1) is 20.4. The number of piperazine rings is 1. The summed E-state index contributed by atoms with van der Waals surface area (Å²) >= 11 is 0. The summed E-state index contributed by atoms with van der Waals surface area (Å²) in [6.45, 7) is 8.24. The molecule has 2 aliphatic heterocycles. The van der Waals surface area contributed by atoms with Crippen LogP contribution in [0.5, 0.6) is 0 Å². The second-order valence-corrected chi connectivity index (χ2v) is 8.37. The molecule has 2 aromatic heterocycles. The maximum atomic E-state index is 13.0. The average molecular weight is 415 g/mol. The topological polar surface area (TPSA) is 96.2 Å². The van der Waals surface area contributed by atoms with Crippen LogP contribution >= 0.6 is 0 Å². The van der Waals surface area contributed by atoms with E-state index in [-0.39, 0.29) is 17.9 Å². The van der Waals surface area contributed by atoms with Gasteiger partial charge in [-0.1, -0.05) is 13.8 Å². The Hall–Kier alpha value is -2.91. The molecule has 0 unspecified atom stereocenters. The van der Waals surface area contributed by atoms with Crippen molar-refractivity contribution in [1.82, 2.24) is 29.6 Å². The van der Waals surface area contributed by atoms with Crippen molar-refractivity contribution in [2.24, 2.45) is 11.8 Å². The zero-order valence-corrected chi connectivity index (χ0v) is 17.6. The normalized spacial score (nSPS) is 18.3. The standard InChI is InChI=1S/C20H29N7O3/c1-15(2)13-30-20(29)26-11-9-25(10-12-26)19(28)16-5-7-24(8-6-16)18-4-3-17-22-21-14-27(17)23-18/h3-4,14-16H,5-13H2,1-2H3. The summed E-state index contributed by atoms with van der Waals surface area (Å²) in [5.41, 5.74) is 0.719. The van der Waals surface area contributed by atoms with Crippen molar-refractivity contribution in [2.75, 3.05) is 50.8 Å². The number of nitrogens with zero attached hydrogens (tertiary/aromatic N) is 7. The minimum absolute atomic E-state index is 0.0272. The third kappa shape index (κ3) is 4.47. The molecule has 2 saturated heterocycles.